The second kappa shape index (κ2) is 3.60. The summed E-state index contributed by atoms with van der Waals surface area (Å²) in [5.41, 5.74) is 3.72. The highest BCUT2D eigenvalue weighted by Gasteiger charge is 2.30. The van der Waals surface area contributed by atoms with Crippen molar-refractivity contribution in [3.63, 3.8) is 0 Å². The molecule has 15 heavy (non-hydrogen) atoms. The lowest BCUT2D eigenvalue weighted by molar-refractivity contribution is 0.276. The number of fused-ring (bicyclic) bond motifs is 1. The van der Waals surface area contributed by atoms with Crippen LogP contribution in [0.2, 0.25) is 0 Å². The molecule has 1 aromatic rings. The van der Waals surface area contributed by atoms with Gasteiger partial charge in [-0.05, 0) is 48.3 Å². The zero-order chi connectivity index (χ0) is 10.3. The van der Waals surface area contributed by atoms with Crippen molar-refractivity contribution < 1.29 is 5.11 Å². The van der Waals surface area contributed by atoms with Crippen molar-refractivity contribution in [2.45, 2.75) is 44.6 Å². The summed E-state index contributed by atoms with van der Waals surface area (Å²) in [5.74, 6) is 1.74. The molecule has 2 aliphatic carbocycles. The summed E-state index contributed by atoms with van der Waals surface area (Å²) in [4.78, 5) is 4.25. The lowest BCUT2D eigenvalue weighted by Gasteiger charge is -2.11. The lowest BCUT2D eigenvalue weighted by atomic mass is 9.95. The van der Waals surface area contributed by atoms with Gasteiger partial charge >= 0.3 is 0 Å². The molecule has 1 saturated carbocycles. The number of aliphatic hydroxyl groups is 1. The van der Waals surface area contributed by atoms with Crippen LogP contribution in [0.3, 0.4) is 0 Å². The molecule has 2 heteroatoms. The summed E-state index contributed by atoms with van der Waals surface area (Å²) in [5, 5.41) is 9.09. The average Bonchev–Trinajstić information content (AvgIpc) is 3.00. The minimum atomic E-state index is 0.0728. The zero-order valence-electron chi connectivity index (χ0n) is 8.95. The van der Waals surface area contributed by atoms with Crippen LogP contribution in [0.1, 0.15) is 48.4 Å². The Labute approximate surface area is 90.4 Å². The highest BCUT2D eigenvalue weighted by Crippen LogP contribution is 2.44. The van der Waals surface area contributed by atoms with Gasteiger partial charge in [0.2, 0.25) is 0 Å². The number of hydrogen-bond acceptors (Lipinski definition) is 2. The number of aromatic nitrogens is 1. The Morgan fingerprint density at radius 3 is 2.93 bits per heavy atom. The second-order valence-corrected chi connectivity index (χ2v) is 4.95. The zero-order valence-corrected chi connectivity index (χ0v) is 8.95. The van der Waals surface area contributed by atoms with Crippen molar-refractivity contribution >= 4 is 0 Å². The topological polar surface area (TPSA) is 33.1 Å². The summed E-state index contributed by atoms with van der Waals surface area (Å²) >= 11 is 0. The Hall–Kier alpha value is -0.890. The molecule has 2 aliphatic rings. The van der Waals surface area contributed by atoms with Crippen LogP contribution in [0.4, 0.5) is 0 Å². The third kappa shape index (κ3) is 1.78. The minimum Gasteiger partial charge on any atom is -0.390 e. The van der Waals surface area contributed by atoms with Gasteiger partial charge in [0.15, 0.2) is 0 Å². The predicted octanol–water partition coefficient (Wildman–Crippen LogP) is 2.40. The smallest absolute Gasteiger partial charge is 0.0853 e. The third-order valence-corrected chi connectivity index (χ3v) is 3.76. The van der Waals surface area contributed by atoms with E-state index in [9.17, 15) is 0 Å². The maximum atomic E-state index is 9.09. The van der Waals surface area contributed by atoms with E-state index in [-0.39, 0.29) is 6.61 Å². The summed E-state index contributed by atoms with van der Waals surface area (Å²) in [6, 6.07) is 2.12. The van der Waals surface area contributed by atoms with E-state index in [1.807, 2.05) is 6.20 Å². The number of pyridine rings is 1. The second-order valence-electron chi connectivity index (χ2n) is 4.95. The van der Waals surface area contributed by atoms with E-state index in [0.29, 0.717) is 0 Å². The van der Waals surface area contributed by atoms with Crippen molar-refractivity contribution in [3.8, 4) is 0 Å². The van der Waals surface area contributed by atoms with Crippen molar-refractivity contribution in [3.05, 3.63) is 29.1 Å². The van der Waals surface area contributed by atoms with E-state index in [1.165, 1.54) is 43.2 Å². The fourth-order valence-corrected chi connectivity index (χ4v) is 2.71. The van der Waals surface area contributed by atoms with Gasteiger partial charge in [-0.25, -0.2) is 0 Å². The van der Waals surface area contributed by atoms with Crippen LogP contribution in [0.25, 0.3) is 0 Å². The van der Waals surface area contributed by atoms with Gasteiger partial charge in [-0.1, -0.05) is 12.8 Å². The molecule has 1 fully saturated rings. The highest BCUT2D eigenvalue weighted by atomic mass is 16.3. The molecule has 1 N–H and O–H groups in total. The van der Waals surface area contributed by atoms with Crippen molar-refractivity contribution in [1.29, 1.82) is 0 Å². The molecule has 0 aliphatic heterocycles. The molecule has 80 valence electrons. The van der Waals surface area contributed by atoms with Crippen LogP contribution in [-0.2, 0) is 13.0 Å². The monoisotopic (exact) mass is 203 g/mol. The third-order valence-electron chi connectivity index (χ3n) is 3.76. The average molecular weight is 203 g/mol. The molecule has 0 saturated heterocycles. The maximum absolute atomic E-state index is 9.09. The maximum Gasteiger partial charge on any atom is 0.0853 e. The largest absolute Gasteiger partial charge is 0.390 e. The fourth-order valence-electron chi connectivity index (χ4n) is 2.71. The van der Waals surface area contributed by atoms with Crippen LogP contribution in [-0.4, -0.2) is 10.1 Å². The van der Waals surface area contributed by atoms with Crippen LogP contribution >= 0.6 is 0 Å². The quantitative estimate of drug-likeness (QED) is 0.818. The van der Waals surface area contributed by atoms with Gasteiger partial charge in [0.1, 0.15) is 0 Å². The molecule has 1 aromatic heterocycles. The first-order valence-electron chi connectivity index (χ1n) is 5.95. The molecule has 0 bridgehead atoms. The Bertz CT molecular complexity index is 371. The molecule has 3 rings (SSSR count). The van der Waals surface area contributed by atoms with Crippen molar-refractivity contribution in [2.75, 3.05) is 0 Å². The van der Waals surface area contributed by atoms with Crippen molar-refractivity contribution in [2.24, 2.45) is 5.92 Å². The standard InChI is InChI=1S/C13H17NO/c15-8-12-6-13-10(5-9-1-2-9)3-4-11(13)7-14-12/h6-7,9-10,15H,1-5,8H2/t10-/m1/s1. The van der Waals surface area contributed by atoms with Gasteiger partial charge in [-0.3, -0.25) is 4.98 Å². The van der Waals surface area contributed by atoms with E-state index >= 15 is 0 Å². The Morgan fingerprint density at radius 1 is 1.33 bits per heavy atom. The molecular weight excluding hydrogens is 186 g/mol. The minimum absolute atomic E-state index is 0.0728. The number of hydrogen-bond donors (Lipinski definition) is 1. The Balaban J connectivity index is 1.85. The number of aryl methyl sites for hydroxylation is 1. The van der Waals surface area contributed by atoms with E-state index in [2.05, 4.69) is 11.1 Å². The molecule has 1 atom stereocenters. The molecule has 0 radical (unpaired) electrons. The lowest BCUT2D eigenvalue weighted by Crippen LogP contribution is -1.98. The van der Waals surface area contributed by atoms with Gasteiger partial charge in [0.25, 0.3) is 0 Å². The molecule has 0 amide bonds. The Morgan fingerprint density at radius 2 is 2.20 bits per heavy atom. The molecule has 0 unspecified atom stereocenters. The first-order valence-corrected chi connectivity index (χ1v) is 5.95. The van der Waals surface area contributed by atoms with E-state index in [0.717, 1.165) is 17.5 Å². The Kier molecular flexibility index (Phi) is 2.24. The number of nitrogens with zero attached hydrogens (tertiary/aromatic N) is 1. The molecule has 0 aromatic carbocycles. The highest BCUT2D eigenvalue weighted by molar-refractivity contribution is 5.34. The van der Waals surface area contributed by atoms with Crippen LogP contribution in [0.15, 0.2) is 12.3 Å². The normalized spacial score (nSPS) is 24.2. The van der Waals surface area contributed by atoms with Crippen LogP contribution in [0, 0.1) is 5.92 Å². The predicted molar refractivity (Wildman–Crippen MR) is 58.6 cm³/mol. The number of rotatable bonds is 3. The number of aliphatic hydroxyl groups excluding tert-OH is 1. The summed E-state index contributed by atoms with van der Waals surface area (Å²) in [6.45, 7) is 0.0728. The van der Waals surface area contributed by atoms with Gasteiger partial charge in [-0.2, -0.15) is 0 Å². The summed E-state index contributed by atoms with van der Waals surface area (Å²) in [6.07, 6.45) is 8.68. The van der Waals surface area contributed by atoms with E-state index in [4.69, 9.17) is 5.11 Å². The molecule has 1 heterocycles. The summed E-state index contributed by atoms with van der Waals surface area (Å²) < 4.78 is 0. The molecular formula is C13H17NO. The molecule has 2 nitrogen and oxygen atoms in total. The first-order chi connectivity index (χ1) is 7.36. The fraction of sp³-hybridized carbons (Fsp3) is 0.615. The van der Waals surface area contributed by atoms with Gasteiger partial charge in [-0.15, -0.1) is 0 Å². The first kappa shape index (κ1) is 9.34. The van der Waals surface area contributed by atoms with Gasteiger partial charge < -0.3 is 5.11 Å². The van der Waals surface area contributed by atoms with E-state index < -0.39 is 0 Å². The van der Waals surface area contributed by atoms with Crippen LogP contribution < -0.4 is 0 Å². The molecule has 0 spiro atoms. The van der Waals surface area contributed by atoms with E-state index in [1.54, 1.807) is 0 Å². The summed E-state index contributed by atoms with van der Waals surface area (Å²) in [7, 11) is 0. The van der Waals surface area contributed by atoms with Gasteiger partial charge in [0, 0.05) is 6.20 Å². The van der Waals surface area contributed by atoms with Gasteiger partial charge in [0.05, 0.1) is 12.3 Å². The SMILES string of the molecule is OCc1cc2c(cn1)CC[C@@H]2CC1CC1. The van der Waals surface area contributed by atoms with Crippen LogP contribution in [0.5, 0.6) is 0 Å². The van der Waals surface area contributed by atoms with Crippen molar-refractivity contribution in [1.82, 2.24) is 4.98 Å².